The minimum Gasteiger partial charge on any atom is -0.480 e. The number of ketones is 1. The first-order valence-electron chi connectivity index (χ1n) is 12.4. The molecule has 0 saturated heterocycles. The molecule has 4 N–H and O–H groups in total. The van der Waals surface area contributed by atoms with Crippen molar-refractivity contribution in [3.8, 4) is 0 Å². The summed E-state index contributed by atoms with van der Waals surface area (Å²) in [6, 6.07) is -0.901. The summed E-state index contributed by atoms with van der Waals surface area (Å²) in [4.78, 5) is 35.9. The number of aliphatic carboxylic acids is 1. The lowest BCUT2D eigenvalue weighted by Crippen LogP contribution is -2.41. The van der Waals surface area contributed by atoms with E-state index in [9.17, 15) is 14.4 Å². The minimum absolute atomic E-state index is 0.192. The zero-order chi connectivity index (χ0) is 27.3. The van der Waals surface area contributed by atoms with Gasteiger partial charge in [0.15, 0.2) is 11.9 Å². The van der Waals surface area contributed by atoms with Gasteiger partial charge in [-0.15, -0.1) is 0 Å². The van der Waals surface area contributed by atoms with Gasteiger partial charge in [-0.2, -0.15) is 0 Å². The molecule has 36 heavy (non-hydrogen) atoms. The minimum atomic E-state index is -1.04. The molecule has 7 nitrogen and oxygen atoms in total. The number of carbonyl (C=O) groups excluding carboxylic acids is 2. The molecule has 0 heterocycles. The van der Waals surface area contributed by atoms with Crippen LogP contribution in [0.3, 0.4) is 0 Å². The molecule has 0 aromatic rings. The van der Waals surface area contributed by atoms with Crippen molar-refractivity contribution in [2.24, 2.45) is 11.1 Å². The molecule has 0 aliphatic heterocycles. The Kier molecular flexibility index (Phi) is 12.9. The number of carbonyl (C=O) groups is 3. The number of alkyl carbamates (subject to hydrolysis) is 1. The molecule has 0 aromatic carbocycles. The van der Waals surface area contributed by atoms with E-state index >= 15 is 0 Å². The van der Waals surface area contributed by atoms with E-state index < -0.39 is 24.2 Å². The number of unbranched alkanes of at least 4 members (excludes halogenated alkanes) is 1. The Balaban J connectivity index is 2.74. The number of carboxylic acid groups (broad SMARTS) is 1. The quantitative estimate of drug-likeness (QED) is 0.239. The Hall–Kier alpha value is -3.19. The third-order valence-electron chi connectivity index (χ3n) is 6.05. The maximum atomic E-state index is 12.9. The molecular formula is C29H42N2O5. The van der Waals surface area contributed by atoms with Gasteiger partial charge in [0.2, 0.25) is 0 Å². The maximum Gasteiger partial charge on any atom is 0.407 e. The molecule has 1 amide bonds. The molecule has 0 fully saturated rings. The van der Waals surface area contributed by atoms with Crippen molar-refractivity contribution in [1.82, 2.24) is 5.32 Å². The zero-order valence-electron chi connectivity index (χ0n) is 22.5. The first-order chi connectivity index (χ1) is 16.9. The topological polar surface area (TPSA) is 119 Å². The van der Waals surface area contributed by atoms with Gasteiger partial charge in [0, 0.05) is 13.0 Å². The summed E-state index contributed by atoms with van der Waals surface area (Å²) in [6.07, 6.45) is 16.4. The fourth-order valence-corrected chi connectivity index (χ4v) is 3.89. The number of hydrogen-bond acceptors (Lipinski definition) is 5. The number of Topliss-reactive ketones (excluding diaryl/α,β-unsaturated/α-hetero) is 1. The third kappa shape index (κ3) is 10.6. The van der Waals surface area contributed by atoms with Crippen molar-refractivity contribution >= 4 is 17.8 Å². The molecule has 198 valence electrons. The molecular weight excluding hydrogens is 456 g/mol. The molecule has 7 heteroatoms. The summed E-state index contributed by atoms with van der Waals surface area (Å²) in [5, 5.41) is 11.4. The van der Waals surface area contributed by atoms with Crippen LogP contribution in [0.2, 0.25) is 0 Å². The van der Waals surface area contributed by atoms with Crippen LogP contribution < -0.4 is 11.1 Å². The fourth-order valence-electron chi connectivity index (χ4n) is 3.89. The van der Waals surface area contributed by atoms with Crippen LogP contribution in [0.15, 0.2) is 70.9 Å². The third-order valence-corrected chi connectivity index (χ3v) is 6.05. The molecule has 1 aliphatic rings. The number of carboxylic acids is 1. The van der Waals surface area contributed by atoms with E-state index in [-0.39, 0.29) is 11.2 Å². The van der Waals surface area contributed by atoms with Gasteiger partial charge in [0.1, 0.15) is 6.04 Å². The Labute approximate surface area is 215 Å². The predicted molar refractivity (Wildman–Crippen MR) is 144 cm³/mol. The Morgan fingerprint density at radius 1 is 1.17 bits per heavy atom. The summed E-state index contributed by atoms with van der Waals surface area (Å²) in [6.45, 7) is 12.2. The van der Waals surface area contributed by atoms with Gasteiger partial charge in [-0.05, 0) is 63.5 Å². The van der Waals surface area contributed by atoms with E-state index in [1.165, 1.54) is 0 Å². The number of rotatable bonds is 12. The number of amides is 1. The van der Waals surface area contributed by atoms with Gasteiger partial charge in [0.05, 0.1) is 0 Å². The molecule has 1 rings (SSSR count). The summed E-state index contributed by atoms with van der Waals surface area (Å²) >= 11 is 0. The molecule has 0 aromatic heterocycles. The smallest absolute Gasteiger partial charge is 0.407 e. The van der Waals surface area contributed by atoms with E-state index in [4.69, 9.17) is 15.6 Å². The van der Waals surface area contributed by atoms with Crippen molar-refractivity contribution in [2.75, 3.05) is 6.54 Å². The van der Waals surface area contributed by atoms with Crippen LogP contribution in [0.4, 0.5) is 4.79 Å². The van der Waals surface area contributed by atoms with Gasteiger partial charge in [-0.1, -0.05) is 73.6 Å². The highest BCUT2D eigenvalue weighted by Gasteiger charge is 2.39. The largest absolute Gasteiger partial charge is 0.480 e. The van der Waals surface area contributed by atoms with Crippen molar-refractivity contribution in [2.45, 2.75) is 79.4 Å². The number of nitrogens with two attached hydrogens (primary N) is 1. The van der Waals surface area contributed by atoms with E-state index in [2.05, 4.69) is 5.32 Å². The monoisotopic (exact) mass is 498 g/mol. The van der Waals surface area contributed by atoms with Crippen molar-refractivity contribution < 1.29 is 24.2 Å². The Morgan fingerprint density at radius 2 is 1.81 bits per heavy atom. The molecule has 0 bridgehead atoms. The lowest BCUT2D eigenvalue weighted by molar-refractivity contribution is -0.138. The van der Waals surface area contributed by atoms with E-state index in [0.717, 1.165) is 16.7 Å². The van der Waals surface area contributed by atoms with Crippen LogP contribution in [-0.4, -0.2) is 41.6 Å². The van der Waals surface area contributed by atoms with Gasteiger partial charge < -0.3 is 20.9 Å². The summed E-state index contributed by atoms with van der Waals surface area (Å²) in [7, 11) is 0. The first kappa shape index (κ1) is 30.8. The Morgan fingerprint density at radius 3 is 2.44 bits per heavy atom. The van der Waals surface area contributed by atoms with Crippen LogP contribution >= 0.6 is 0 Å². The predicted octanol–water partition coefficient (Wildman–Crippen LogP) is 5.56. The van der Waals surface area contributed by atoms with E-state index in [1.807, 2.05) is 83.2 Å². The second kappa shape index (κ2) is 15.0. The number of ether oxygens (including phenoxy) is 1. The van der Waals surface area contributed by atoms with E-state index in [1.54, 1.807) is 6.92 Å². The molecule has 0 saturated carbocycles. The highest BCUT2D eigenvalue weighted by molar-refractivity contribution is 6.01. The van der Waals surface area contributed by atoms with Crippen molar-refractivity contribution in [1.29, 1.82) is 0 Å². The number of nitrogens with one attached hydrogen (secondary N) is 1. The SMILES string of the molecule is CC=CC=C(C)C=CC=C(C)C=CC1=C(C)C(=O)C(OC(=O)NCCCCC(N)C(=O)O)CC1(C)C. The van der Waals surface area contributed by atoms with Crippen LogP contribution in [0.1, 0.15) is 67.2 Å². The average Bonchev–Trinajstić information content (AvgIpc) is 2.80. The van der Waals surface area contributed by atoms with Crippen molar-refractivity contribution in [3.63, 3.8) is 0 Å². The van der Waals surface area contributed by atoms with Gasteiger partial charge in [-0.3, -0.25) is 9.59 Å². The van der Waals surface area contributed by atoms with Crippen LogP contribution in [0, 0.1) is 5.41 Å². The van der Waals surface area contributed by atoms with Gasteiger partial charge in [0.25, 0.3) is 0 Å². The molecule has 2 unspecified atom stereocenters. The van der Waals surface area contributed by atoms with Gasteiger partial charge in [-0.25, -0.2) is 4.79 Å². The number of hydrogen-bond donors (Lipinski definition) is 3. The van der Waals surface area contributed by atoms with Crippen molar-refractivity contribution in [3.05, 3.63) is 70.9 Å². The van der Waals surface area contributed by atoms with Crippen LogP contribution in [0.5, 0.6) is 0 Å². The van der Waals surface area contributed by atoms with Crippen LogP contribution in [-0.2, 0) is 14.3 Å². The normalized spacial score (nSPS) is 20.0. The standard InChI is InChI=1S/C29H42N2O5/c1-7-8-12-20(2)13-11-14-21(3)16-17-23-22(4)26(32)25(19-29(23,5)6)36-28(35)31-18-10-9-15-24(30)27(33)34/h7-8,11-14,16-17,24-25H,9-10,15,18-19,30H2,1-6H3,(H,31,35)(H,33,34). The summed E-state index contributed by atoms with van der Waals surface area (Å²) in [5.74, 6) is -1.23. The molecule has 0 spiro atoms. The van der Waals surface area contributed by atoms with Gasteiger partial charge >= 0.3 is 12.1 Å². The lowest BCUT2D eigenvalue weighted by Gasteiger charge is -2.36. The molecule has 1 aliphatic carbocycles. The highest BCUT2D eigenvalue weighted by Crippen LogP contribution is 2.40. The lowest BCUT2D eigenvalue weighted by atomic mass is 9.71. The number of allylic oxidation sites excluding steroid dienone is 11. The van der Waals surface area contributed by atoms with Crippen LogP contribution in [0.25, 0.3) is 0 Å². The average molecular weight is 499 g/mol. The zero-order valence-corrected chi connectivity index (χ0v) is 22.5. The summed E-state index contributed by atoms with van der Waals surface area (Å²) < 4.78 is 5.45. The highest BCUT2D eigenvalue weighted by atomic mass is 16.6. The molecule has 2 atom stereocenters. The van der Waals surface area contributed by atoms with E-state index in [0.29, 0.717) is 37.8 Å². The first-order valence-corrected chi connectivity index (χ1v) is 12.4. The summed E-state index contributed by atoms with van der Waals surface area (Å²) in [5.41, 5.74) is 8.84. The Bertz CT molecular complexity index is 980. The molecule has 0 radical (unpaired) electrons. The maximum absolute atomic E-state index is 12.9. The fraction of sp³-hybridized carbons (Fsp3) is 0.483. The second-order valence-corrected chi connectivity index (χ2v) is 9.79. The second-order valence-electron chi connectivity index (χ2n) is 9.79.